The molecule has 1 N–H and O–H groups in total. The second-order valence-electron chi connectivity index (χ2n) is 6.65. The van der Waals surface area contributed by atoms with E-state index >= 15 is 0 Å². The van der Waals surface area contributed by atoms with Crippen LogP contribution in [0.3, 0.4) is 0 Å². The molecule has 6 heteroatoms. The summed E-state index contributed by atoms with van der Waals surface area (Å²) >= 11 is 0. The van der Waals surface area contributed by atoms with Crippen molar-refractivity contribution in [3.8, 4) is 11.1 Å². The summed E-state index contributed by atoms with van der Waals surface area (Å²) in [5.41, 5.74) is 7.26. The minimum atomic E-state index is -0.343. The van der Waals surface area contributed by atoms with Crippen LogP contribution in [0.4, 0.5) is 0 Å². The molecule has 152 valence electrons. The molecule has 1 heterocycles. The summed E-state index contributed by atoms with van der Waals surface area (Å²) in [5, 5.41) is 0. The summed E-state index contributed by atoms with van der Waals surface area (Å²) in [7, 11) is 2.12. The zero-order valence-corrected chi connectivity index (χ0v) is 17.5. The van der Waals surface area contributed by atoms with Gasteiger partial charge in [0.1, 0.15) is 5.69 Å². The first-order valence-electron chi connectivity index (χ1n) is 9.35. The third-order valence-corrected chi connectivity index (χ3v) is 4.31. The Morgan fingerprint density at radius 3 is 2.38 bits per heavy atom. The van der Waals surface area contributed by atoms with Crippen molar-refractivity contribution in [2.24, 2.45) is 0 Å². The monoisotopic (exact) mass is 411 g/mol. The summed E-state index contributed by atoms with van der Waals surface area (Å²) < 4.78 is 0. The molecular weight excluding hydrogens is 386 g/mol. The minimum Gasteiger partial charge on any atom is -0.298 e. The number of hydroxylamine groups is 1. The smallest absolute Gasteiger partial charge is 0.293 e. The summed E-state index contributed by atoms with van der Waals surface area (Å²) in [6.07, 6.45) is 1.72. The Morgan fingerprint density at radius 2 is 1.69 bits per heavy atom. The maximum atomic E-state index is 11.9. The first-order chi connectivity index (χ1) is 13.7. The normalized spacial score (nSPS) is 10.4. The van der Waals surface area contributed by atoms with Crippen molar-refractivity contribution in [1.29, 1.82) is 0 Å². The number of nitrogens with zero attached hydrogens (tertiary/aromatic N) is 2. The molecule has 1 amide bonds. The van der Waals surface area contributed by atoms with Crippen LogP contribution in [-0.2, 0) is 17.9 Å². The Kier molecular flexibility index (Phi) is 8.80. The number of amides is 1. The highest BCUT2D eigenvalue weighted by Crippen LogP contribution is 2.21. The van der Waals surface area contributed by atoms with E-state index < -0.39 is 0 Å². The number of benzene rings is 2. The minimum absolute atomic E-state index is 0. The van der Waals surface area contributed by atoms with Gasteiger partial charge in [0.2, 0.25) is 0 Å². The van der Waals surface area contributed by atoms with Crippen LogP contribution in [0.5, 0.6) is 0 Å². The van der Waals surface area contributed by atoms with E-state index in [0.717, 1.165) is 24.2 Å². The van der Waals surface area contributed by atoms with Crippen LogP contribution in [0.25, 0.3) is 11.1 Å². The second kappa shape index (κ2) is 11.3. The molecule has 29 heavy (non-hydrogen) atoms. The van der Waals surface area contributed by atoms with E-state index in [0.29, 0.717) is 12.3 Å². The van der Waals surface area contributed by atoms with Gasteiger partial charge in [-0.2, -0.15) is 0 Å². The molecule has 0 saturated carbocycles. The van der Waals surface area contributed by atoms with E-state index in [-0.39, 0.29) is 18.3 Å². The van der Waals surface area contributed by atoms with Gasteiger partial charge in [-0.25, -0.2) is 5.48 Å². The molecule has 3 aromatic rings. The van der Waals surface area contributed by atoms with Crippen LogP contribution in [0.2, 0.25) is 0 Å². The summed E-state index contributed by atoms with van der Waals surface area (Å²) in [6, 6.07) is 22.5. The van der Waals surface area contributed by atoms with Gasteiger partial charge in [-0.1, -0.05) is 54.6 Å². The Morgan fingerprint density at radius 1 is 0.966 bits per heavy atom. The van der Waals surface area contributed by atoms with Gasteiger partial charge in [0.05, 0.1) is 6.61 Å². The number of halogens is 1. The number of rotatable bonds is 8. The first-order valence-corrected chi connectivity index (χ1v) is 9.35. The highest BCUT2D eigenvalue weighted by molar-refractivity contribution is 5.91. The largest absolute Gasteiger partial charge is 0.298 e. The van der Waals surface area contributed by atoms with E-state index in [4.69, 9.17) is 4.84 Å². The fourth-order valence-corrected chi connectivity index (χ4v) is 3.00. The summed E-state index contributed by atoms with van der Waals surface area (Å²) in [4.78, 5) is 23.3. The third-order valence-electron chi connectivity index (χ3n) is 4.31. The lowest BCUT2D eigenvalue weighted by Gasteiger charge is -2.17. The average Bonchev–Trinajstić information content (AvgIpc) is 2.73. The third kappa shape index (κ3) is 6.68. The predicted octanol–water partition coefficient (Wildman–Crippen LogP) is 4.48. The van der Waals surface area contributed by atoms with Crippen molar-refractivity contribution in [2.45, 2.75) is 20.0 Å². The van der Waals surface area contributed by atoms with Crippen LogP contribution in [0.15, 0.2) is 72.9 Å². The molecule has 0 aliphatic rings. The summed E-state index contributed by atoms with van der Waals surface area (Å²) in [6.45, 7) is 3.97. The fourth-order valence-electron chi connectivity index (χ4n) is 3.00. The van der Waals surface area contributed by atoms with Crippen LogP contribution in [-0.4, -0.2) is 29.4 Å². The van der Waals surface area contributed by atoms with Crippen molar-refractivity contribution in [3.05, 3.63) is 89.7 Å². The molecule has 0 fully saturated rings. The lowest BCUT2D eigenvalue weighted by Crippen LogP contribution is -2.24. The molecule has 0 aliphatic heterocycles. The van der Waals surface area contributed by atoms with Crippen molar-refractivity contribution in [2.75, 3.05) is 13.7 Å². The number of carbonyl (C=O) groups excluding carboxylic acids is 1. The van der Waals surface area contributed by atoms with E-state index in [1.807, 2.05) is 12.1 Å². The zero-order valence-electron chi connectivity index (χ0n) is 16.7. The molecule has 2 aromatic carbocycles. The molecular formula is C23H26ClN3O2. The molecule has 3 rings (SSSR count). The maximum Gasteiger partial charge on any atom is 0.293 e. The van der Waals surface area contributed by atoms with Gasteiger partial charge in [0, 0.05) is 24.8 Å². The molecule has 0 bridgehead atoms. The van der Waals surface area contributed by atoms with Gasteiger partial charge in [0.15, 0.2) is 0 Å². The van der Waals surface area contributed by atoms with Gasteiger partial charge in [0.25, 0.3) is 5.91 Å². The molecule has 5 nitrogen and oxygen atoms in total. The molecule has 0 atom stereocenters. The van der Waals surface area contributed by atoms with Crippen LogP contribution in [0.1, 0.15) is 28.5 Å². The second-order valence-corrected chi connectivity index (χ2v) is 6.65. The Bertz CT molecular complexity index is 902. The Hall–Kier alpha value is -2.73. The molecule has 0 saturated heterocycles. The number of pyridine rings is 1. The Labute approximate surface area is 178 Å². The van der Waals surface area contributed by atoms with Crippen LogP contribution >= 0.6 is 12.4 Å². The average molecular weight is 412 g/mol. The number of hydrogen-bond acceptors (Lipinski definition) is 4. The number of aromatic nitrogens is 1. The number of hydrogen-bond donors (Lipinski definition) is 1. The molecule has 0 unspecified atom stereocenters. The predicted molar refractivity (Wildman–Crippen MR) is 118 cm³/mol. The Balaban J connectivity index is 0.00000300. The standard InChI is InChI=1S/C23H25N3O2.ClH/c1-3-28-25-23(27)22-13-12-21(15-24-22)20-11-7-10-19(14-20)17-26(2)16-18-8-5-4-6-9-18;/h4-15H,3,16-17H2,1-2H3,(H,25,27);1H. The lowest BCUT2D eigenvalue weighted by atomic mass is 10.0. The highest BCUT2D eigenvalue weighted by atomic mass is 35.5. The molecule has 0 radical (unpaired) electrons. The van der Waals surface area contributed by atoms with E-state index in [1.165, 1.54) is 11.1 Å². The van der Waals surface area contributed by atoms with Crippen LogP contribution in [0, 0.1) is 0 Å². The van der Waals surface area contributed by atoms with Gasteiger partial charge in [-0.05, 0) is 42.8 Å². The van der Waals surface area contributed by atoms with Crippen molar-refractivity contribution < 1.29 is 9.63 Å². The molecule has 1 aromatic heterocycles. The first kappa shape index (κ1) is 22.6. The van der Waals surface area contributed by atoms with Crippen molar-refractivity contribution in [3.63, 3.8) is 0 Å². The van der Waals surface area contributed by atoms with Gasteiger partial charge in [-0.3, -0.25) is 19.5 Å². The quantitative estimate of drug-likeness (QED) is 0.555. The van der Waals surface area contributed by atoms with Crippen molar-refractivity contribution >= 4 is 18.3 Å². The summed E-state index contributed by atoms with van der Waals surface area (Å²) in [5.74, 6) is -0.343. The molecule has 0 aliphatic carbocycles. The fraction of sp³-hybridized carbons (Fsp3) is 0.217. The number of nitrogens with one attached hydrogen (secondary N) is 1. The number of carbonyl (C=O) groups is 1. The van der Waals surface area contributed by atoms with E-state index in [9.17, 15) is 4.79 Å². The SMILES string of the molecule is CCONC(=O)c1ccc(-c2cccc(CN(C)Cc3ccccc3)c2)cn1.Cl. The van der Waals surface area contributed by atoms with Gasteiger partial charge < -0.3 is 0 Å². The highest BCUT2D eigenvalue weighted by Gasteiger charge is 2.08. The van der Waals surface area contributed by atoms with E-state index in [1.54, 1.807) is 19.2 Å². The molecule has 0 spiro atoms. The zero-order chi connectivity index (χ0) is 19.8. The van der Waals surface area contributed by atoms with Gasteiger partial charge in [-0.15, -0.1) is 12.4 Å². The van der Waals surface area contributed by atoms with Gasteiger partial charge >= 0.3 is 0 Å². The van der Waals surface area contributed by atoms with E-state index in [2.05, 4.69) is 70.9 Å². The van der Waals surface area contributed by atoms with Crippen molar-refractivity contribution in [1.82, 2.24) is 15.4 Å². The maximum absolute atomic E-state index is 11.9. The topological polar surface area (TPSA) is 54.5 Å². The van der Waals surface area contributed by atoms with Crippen LogP contribution < -0.4 is 5.48 Å². The lowest BCUT2D eigenvalue weighted by molar-refractivity contribution is 0.0360.